The van der Waals surface area contributed by atoms with Gasteiger partial charge in [-0.25, -0.2) is 0 Å². The van der Waals surface area contributed by atoms with Crippen LogP contribution >= 0.6 is 0 Å². The largest absolute Gasteiger partial charge is 0.469 e. The first-order chi connectivity index (χ1) is 13.7. The smallest absolute Gasteiger partial charge is 0.306 e. The van der Waals surface area contributed by atoms with Gasteiger partial charge in [0.1, 0.15) is 5.69 Å². The molecule has 0 heterocycles. The van der Waals surface area contributed by atoms with Crippen LogP contribution in [0.4, 0.5) is 11.4 Å². The average molecular weight is 407 g/mol. The third-order valence-electron chi connectivity index (χ3n) is 5.68. The van der Waals surface area contributed by atoms with Crippen molar-refractivity contribution in [3.63, 3.8) is 0 Å². The summed E-state index contributed by atoms with van der Waals surface area (Å²) in [5.41, 5.74) is 0.363. The van der Waals surface area contributed by atoms with Crippen molar-refractivity contribution < 1.29 is 19.6 Å². The molecule has 1 aromatic carbocycles. The first kappa shape index (κ1) is 23.1. The summed E-state index contributed by atoms with van der Waals surface area (Å²) in [7, 11) is 1.35. The van der Waals surface area contributed by atoms with E-state index in [0.29, 0.717) is 18.7 Å². The lowest BCUT2D eigenvalue weighted by Gasteiger charge is -2.39. The van der Waals surface area contributed by atoms with Gasteiger partial charge >= 0.3 is 5.97 Å². The molecule has 1 N–H and O–H groups in total. The standard InChI is InChI=1S/C22H34N2O5/c1-5-16(14-21(25)29-4)17-11-12-19(20(13-17)24(27)28)23(15-22(2,3)26)18-9-7-6-8-10-18/h11-13,16,18,26H,5-10,14-15H2,1-4H3/t16-/m1/s1. The second-order valence-electron chi connectivity index (χ2n) is 8.62. The fourth-order valence-corrected chi connectivity index (χ4v) is 4.19. The molecule has 0 radical (unpaired) electrons. The Balaban J connectivity index is 2.44. The number of carbonyl (C=O) groups excluding carboxylic acids is 1. The molecule has 1 aromatic rings. The number of benzene rings is 1. The van der Waals surface area contributed by atoms with Crippen LogP contribution in [0, 0.1) is 10.1 Å². The highest BCUT2D eigenvalue weighted by Crippen LogP contribution is 2.37. The maximum absolute atomic E-state index is 11.9. The van der Waals surface area contributed by atoms with Crippen molar-refractivity contribution in [1.29, 1.82) is 0 Å². The third kappa shape index (κ3) is 6.42. The zero-order valence-electron chi connectivity index (χ0n) is 18.0. The lowest BCUT2D eigenvalue weighted by Crippen LogP contribution is -2.45. The molecule has 29 heavy (non-hydrogen) atoms. The van der Waals surface area contributed by atoms with Crippen molar-refractivity contribution >= 4 is 17.3 Å². The van der Waals surface area contributed by atoms with Crippen molar-refractivity contribution in [1.82, 2.24) is 0 Å². The first-order valence-corrected chi connectivity index (χ1v) is 10.5. The lowest BCUT2D eigenvalue weighted by atomic mass is 9.90. The minimum absolute atomic E-state index is 0.0284. The molecular formula is C22H34N2O5. The Hall–Kier alpha value is -2.15. The summed E-state index contributed by atoms with van der Waals surface area (Å²) >= 11 is 0. The lowest BCUT2D eigenvalue weighted by molar-refractivity contribution is -0.384. The molecule has 162 valence electrons. The number of nitro benzene ring substituents is 1. The number of anilines is 1. The number of hydrogen-bond acceptors (Lipinski definition) is 6. The molecule has 0 amide bonds. The van der Waals surface area contributed by atoms with Gasteiger partial charge in [0.15, 0.2) is 0 Å². The summed E-state index contributed by atoms with van der Waals surface area (Å²) in [6.45, 7) is 5.74. The number of ether oxygens (including phenoxy) is 1. The number of esters is 1. The molecule has 1 aliphatic carbocycles. The van der Waals surface area contributed by atoms with Crippen LogP contribution in [0.15, 0.2) is 18.2 Å². The monoisotopic (exact) mass is 406 g/mol. The molecule has 2 rings (SSSR count). The SMILES string of the molecule is CC[C@H](CC(=O)OC)c1ccc(N(CC(C)(C)O)C2CCCCC2)c([N+](=O)[O-])c1. The highest BCUT2D eigenvalue weighted by molar-refractivity contribution is 5.71. The van der Waals surface area contributed by atoms with Crippen LogP contribution < -0.4 is 4.90 Å². The summed E-state index contributed by atoms with van der Waals surface area (Å²) in [6, 6.07) is 5.43. The molecular weight excluding hydrogens is 372 g/mol. The fraction of sp³-hybridized carbons (Fsp3) is 0.682. The Bertz CT molecular complexity index is 708. The van der Waals surface area contributed by atoms with Gasteiger partial charge in [0.2, 0.25) is 0 Å². The Kier molecular flexibility index (Phi) is 8.02. The summed E-state index contributed by atoms with van der Waals surface area (Å²) < 4.78 is 4.77. The Morgan fingerprint density at radius 1 is 1.34 bits per heavy atom. The topological polar surface area (TPSA) is 92.9 Å². The van der Waals surface area contributed by atoms with Crippen LogP contribution in [0.2, 0.25) is 0 Å². The summed E-state index contributed by atoms with van der Waals surface area (Å²) in [5, 5.41) is 22.4. The van der Waals surface area contributed by atoms with E-state index in [4.69, 9.17) is 4.74 Å². The van der Waals surface area contributed by atoms with E-state index >= 15 is 0 Å². The molecule has 1 fully saturated rings. The highest BCUT2D eigenvalue weighted by atomic mass is 16.6. The van der Waals surface area contributed by atoms with Crippen molar-refractivity contribution in [2.45, 2.75) is 83.3 Å². The summed E-state index contributed by atoms with van der Waals surface area (Å²) in [5.74, 6) is -0.456. The average Bonchev–Trinajstić information content (AvgIpc) is 2.69. The fourth-order valence-electron chi connectivity index (χ4n) is 4.19. The van der Waals surface area contributed by atoms with Crippen LogP contribution in [-0.2, 0) is 9.53 Å². The van der Waals surface area contributed by atoms with Gasteiger partial charge in [-0.05, 0) is 50.7 Å². The number of hydrogen-bond donors (Lipinski definition) is 1. The second kappa shape index (κ2) is 10.1. The van der Waals surface area contributed by atoms with E-state index < -0.39 is 5.60 Å². The van der Waals surface area contributed by atoms with Gasteiger partial charge in [-0.3, -0.25) is 14.9 Å². The number of aliphatic hydroxyl groups is 1. The van der Waals surface area contributed by atoms with Crippen LogP contribution in [0.25, 0.3) is 0 Å². The van der Waals surface area contributed by atoms with Crippen molar-refractivity contribution in [3.05, 3.63) is 33.9 Å². The van der Waals surface area contributed by atoms with Crippen molar-refractivity contribution in [2.24, 2.45) is 0 Å². The Labute approximate surface area is 173 Å². The maximum Gasteiger partial charge on any atom is 0.306 e. The van der Waals surface area contributed by atoms with Gasteiger partial charge in [-0.1, -0.05) is 32.3 Å². The third-order valence-corrected chi connectivity index (χ3v) is 5.68. The predicted octanol–water partition coefficient (Wildman–Crippen LogP) is 4.56. The van der Waals surface area contributed by atoms with E-state index in [1.165, 1.54) is 13.5 Å². The van der Waals surface area contributed by atoms with Crippen LogP contribution in [-0.4, -0.2) is 41.3 Å². The number of carbonyl (C=O) groups is 1. The number of nitro groups is 1. The minimum Gasteiger partial charge on any atom is -0.469 e. The van der Waals surface area contributed by atoms with Gasteiger partial charge in [0.05, 0.1) is 24.1 Å². The van der Waals surface area contributed by atoms with Gasteiger partial charge < -0.3 is 14.7 Å². The first-order valence-electron chi connectivity index (χ1n) is 10.5. The Morgan fingerprint density at radius 2 is 2.00 bits per heavy atom. The van der Waals surface area contributed by atoms with E-state index in [1.807, 2.05) is 17.9 Å². The molecule has 0 unspecified atom stereocenters. The van der Waals surface area contributed by atoms with Crippen LogP contribution in [0.3, 0.4) is 0 Å². The molecule has 1 saturated carbocycles. The van der Waals surface area contributed by atoms with E-state index in [1.54, 1.807) is 26.0 Å². The molecule has 0 bridgehead atoms. The molecule has 0 saturated heterocycles. The van der Waals surface area contributed by atoms with E-state index in [-0.39, 0.29) is 35.0 Å². The zero-order valence-corrected chi connectivity index (χ0v) is 18.0. The van der Waals surface area contributed by atoms with Crippen molar-refractivity contribution in [3.8, 4) is 0 Å². The van der Waals surface area contributed by atoms with E-state index in [9.17, 15) is 20.0 Å². The van der Waals surface area contributed by atoms with Gasteiger partial charge in [-0.2, -0.15) is 0 Å². The number of methoxy groups -OCH3 is 1. The molecule has 0 aromatic heterocycles. The number of rotatable bonds is 9. The quantitative estimate of drug-likeness (QED) is 0.367. The maximum atomic E-state index is 11.9. The van der Waals surface area contributed by atoms with Crippen LogP contribution in [0.5, 0.6) is 0 Å². The van der Waals surface area contributed by atoms with E-state index in [0.717, 1.165) is 31.2 Å². The summed E-state index contributed by atoms with van der Waals surface area (Å²) in [4.78, 5) is 25.3. The van der Waals surface area contributed by atoms with Crippen LogP contribution in [0.1, 0.15) is 77.2 Å². The molecule has 1 aliphatic rings. The molecule has 7 nitrogen and oxygen atoms in total. The predicted molar refractivity (Wildman–Crippen MR) is 113 cm³/mol. The Morgan fingerprint density at radius 3 is 2.52 bits per heavy atom. The molecule has 0 aliphatic heterocycles. The molecule has 1 atom stereocenters. The van der Waals surface area contributed by atoms with Gasteiger partial charge in [0, 0.05) is 18.7 Å². The molecule has 0 spiro atoms. The van der Waals surface area contributed by atoms with Crippen molar-refractivity contribution in [2.75, 3.05) is 18.6 Å². The highest BCUT2D eigenvalue weighted by Gasteiger charge is 2.31. The van der Waals surface area contributed by atoms with E-state index in [2.05, 4.69) is 0 Å². The number of nitrogens with zero attached hydrogens (tertiary/aromatic N) is 2. The van der Waals surface area contributed by atoms with Gasteiger partial charge in [0.25, 0.3) is 5.69 Å². The summed E-state index contributed by atoms with van der Waals surface area (Å²) in [6.07, 6.45) is 6.18. The minimum atomic E-state index is -0.971. The normalized spacial score (nSPS) is 16.3. The second-order valence-corrected chi connectivity index (χ2v) is 8.62. The molecule has 7 heteroatoms. The zero-order chi connectivity index (χ0) is 21.6. The van der Waals surface area contributed by atoms with Gasteiger partial charge in [-0.15, -0.1) is 0 Å².